The van der Waals surface area contributed by atoms with Crippen molar-refractivity contribution in [2.75, 3.05) is 11.9 Å². The fourth-order valence-electron chi connectivity index (χ4n) is 1.30. The molecule has 1 N–H and O–H groups in total. The molecule has 2 rings (SSSR count). The van der Waals surface area contributed by atoms with E-state index in [-0.39, 0.29) is 1.43 Å². The lowest BCUT2D eigenvalue weighted by molar-refractivity contribution is 1.10. The van der Waals surface area contributed by atoms with E-state index < -0.39 is 0 Å². The van der Waals surface area contributed by atoms with Gasteiger partial charge in [0.15, 0.2) is 0 Å². The van der Waals surface area contributed by atoms with Crippen LogP contribution in [0.1, 0.15) is 12.6 Å². The third kappa shape index (κ3) is 0.764. The van der Waals surface area contributed by atoms with Crippen molar-refractivity contribution in [3.8, 4) is 0 Å². The Balaban J connectivity index is 0.000000605. The van der Waals surface area contributed by atoms with Crippen molar-refractivity contribution in [3.63, 3.8) is 0 Å². The summed E-state index contributed by atoms with van der Waals surface area (Å²) in [5.74, 6) is 1.07. The molecule has 1 aromatic rings. The lowest BCUT2D eigenvalue weighted by atomic mass is 10.2. The predicted octanol–water partition coefficient (Wildman–Crippen LogP) is 1.60. The van der Waals surface area contributed by atoms with Crippen molar-refractivity contribution in [3.05, 3.63) is 23.4 Å². The third-order valence-electron chi connectivity index (χ3n) is 1.79. The molecule has 2 heterocycles. The van der Waals surface area contributed by atoms with Gasteiger partial charge in [-0.05, 0) is 24.5 Å². The number of hydrogen-bond acceptors (Lipinski definition) is 2. The Morgan fingerprint density at radius 3 is 3.50 bits per heavy atom. The molecule has 0 amide bonds. The highest BCUT2D eigenvalue weighted by Crippen LogP contribution is 2.18. The molecule has 2 nitrogen and oxygen atoms in total. The largest absolute Gasteiger partial charge is 0.370 e. The Hall–Kier alpha value is -1.05. The number of nitrogens with one attached hydrogen (secondary N) is 1. The topological polar surface area (TPSA) is 24.9 Å². The minimum Gasteiger partial charge on any atom is -0.370 e. The highest BCUT2D eigenvalue weighted by Gasteiger charge is 2.09. The fraction of sp³-hybridized carbons (Fsp3) is 0.375. The maximum atomic E-state index is 4.25. The summed E-state index contributed by atoms with van der Waals surface area (Å²) < 4.78 is 0. The molecule has 0 radical (unpaired) electrons. The van der Waals surface area contributed by atoms with Crippen LogP contribution >= 0.6 is 0 Å². The molecule has 54 valence electrons. The summed E-state index contributed by atoms with van der Waals surface area (Å²) in [6.45, 7) is 3.12. The number of aromatic nitrogens is 1. The molecule has 0 unspecified atom stereocenters. The van der Waals surface area contributed by atoms with Crippen molar-refractivity contribution in [2.45, 2.75) is 13.3 Å². The van der Waals surface area contributed by atoms with Gasteiger partial charge in [0.05, 0.1) is 0 Å². The van der Waals surface area contributed by atoms with Gasteiger partial charge in [-0.15, -0.1) is 0 Å². The maximum absolute atomic E-state index is 4.25. The first kappa shape index (κ1) is 5.71. The van der Waals surface area contributed by atoms with Gasteiger partial charge >= 0.3 is 0 Å². The number of nitrogens with zero attached hydrogens (tertiary/aromatic N) is 1. The summed E-state index contributed by atoms with van der Waals surface area (Å²) in [5, 5.41) is 3.22. The number of fused-ring (bicyclic) bond motifs is 1. The van der Waals surface area contributed by atoms with Crippen LogP contribution in [-0.2, 0) is 6.42 Å². The normalized spacial score (nSPS) is 14.5. The minimum atomic E-state index is 0. The second kappa shape index (κ2) is 1.97. The molecule has 0 atom stereocenters. The van der Waals surface area contributed by atoms with Crippen molar-refractivity contribution >= 4 is 5.82 Å². The van der Waals surface area contributed by atoms with Crippen LogP contribution in [0, 0.1) is 6.92 Å². The summed E-state index contributed by atoms with van der Waals surface area (Å²) in [6.07, 6.45) is 3.03. The monoisotopic (exact) mass is 136 g/mol. The lowest BCUT2D eigenvalue weighted by Gasteiger charge is -1.97. The lowest BCUT2D eigenvalue weighted by Crippen LogP contribution is -1.92. The second-order valence-electron chi connectivity index (χ2n) is 2.70. The number of rotatable bonds is 0. The minimum absolute atomic E-state index is 0. The van der Waals surface area contributed by atoms with Gasteiger partial charge in [-0.2, -0.15) is 0 Å². The van der Waals surface area contributed by atoms with E-state index in [1.165, 1.54) is 11.1 Å². The third-order valence-corrected chi connectivity index (χ3v) is 1.79. The van der Waals surface area contributed by atoms with Crippen molar-refractivity contribution in [1.82, 2.24) is 4.98 Å². The smallest absolute Gasteiger partial charge is 0.129 e. The van der Waals surface area contributed by atoms with Gasteiger partial charge in [0.1, 0.15) is 5.82 Å². The van der Waals surface area contributed by atoms with E-state index >= 15 is 0 Å². The Morgan fingerprint density at radius 1 is 1.70 bits per heavy atom. The summed E-state index contributed by atoms with van der Waals surface area (Å²) >= 11 is 0. The number of anilines is 1. The molecule has 0 saturated carbocycles. The van der Waals surface area contributed by atoms with E-state index in [0.717, 1.165) is 18.8 Å². The molecule has 0 bridgehead atoms. The van der Waals surface area contributed by atoms with Crippen LogP contribution in [0.5, 0.6) is 0 Å². The molecular formula is C8H12N2. The Labute approximate surface area is 61.8 Å². The molecule has 0 saturated heterocycles. The van der Waals surface area contributed by atoms with Gasteiger partial charge in [0, 0.05) is 14.2 Å². The van der Waals surface area contributed by atoms with Crippen molar-refractivity contribution in [1.29, 1.82) is 0 Å². The molecule has 0 fully saturated rings. The van der Waals surface area contributed by atoms with Crippen LogP contribution in [0.25, 0.3) is 0 Å². The standard InChI is InChI=1S/C8H10N2.H2/c1-6-4-7-2-3-9-8(7)10-5-6;/h4-5H,2-3H2,1H3,(H,9,10);1H. The van der Waals surface area contributed by atoms with Gasteiger partial charge in [-0.3, -0.25) is 0 Å². The average Bonchev–Trinajstić information content (AvgIpc) is 2.33. The molecule has 1 aromatic heterocycles. The zero-order chi connectivity index (χ0) is 6.97. The van der Waals surface area contributed by atoms with Gasteiger partial charge < -0.3 is 5.32 Å². The van der Waals surface area contributed by atoms with Crippen LogP contribution in [-0.4, -0.2) is 11.5 Å². The van der Waals surface area contributed by atoms with Gasteiger partial charge in [0.25, 0.3) is 0 Å². The van der Waals surface area contributed by atoms with Crippen molar-refractivity contribution in [2.24, 2.45) is 0 Å². The maximum Gasteiger partial charge on any atom is 0.129 e. The molecule has 0 spiro atoms. The highest BCUT2D eigenvalue weighted by molar-refractivity contribution is 5.49. The van der Waals surface area contributed by atoms with Crippen LogP contribution in [0.4, 0.5) is 5.82 Å². The van der Waals surface area contributed by atoms with Gasteiger partial charge in [0.2, 0.25) is 0 Å². The summed E-state index contributed by atoms with van der Waals surface area (Å²) in [4.78, 5) is 4.25. The average molecular weight is 136 g/mol. The van der Waals surface area contributed by atoms with E-state index in [1.807, 2.05) is 6.20 Å². The molecule has 10 heavy (non-hydrogen) atoms. The zero-order valence-corrected chi connectivity index (χ0v) is 6.02. The van der Waals surface area contributed by atoms with Crippen molar-refractivity contribution < 1.29 is 1.43 Å². The van der Waals surface area contributed by atoms with E-state index in [2.05, 4.69) is 23.3 Å². The molecule has 0 aromatic carbocycles. The summed E-state index contributed by atoms with van der Waals surface area (Å²) in [7, 11) is 0. The highest BCUT2D eigenvalue weighted by atomic mass is 15.0. The Kier molecular flexibility index (Phi) is 1.13. The van der Waals surface area contributed by atoms with E-state index in [0.29, 0.717) is 0 Å². The SMILES string of the molecule is Cc1cnc2c(c1)CCN2.[HH]. The van der Waals surface area contributed by atoms with Gasteiger partial charge in [-0.25, -0.2) is 4.98 Å². The Bertz CT molecular complexity index is 260. The van der Waals surface area contributed by atoms with Crippen LogP contribution < -0.4 is 5.32 Å². The van der Waals surface area contributed by atoms with E-state index in [1.54, 1.807) is 0 Å². The summed E-state index contributed by atoms with van der Waals surface area (Å²) in [5.41, 5.74) is 2.61. The van der Waals surface area contributed by atoms with Crippen LogP contribution in [0.3, 0.4) is 0 Å². The van der Waals surface area contributed by atoms with Crippen LogP contribution in [0.15, 0.2) is 12.3 Å². The second-order valence-corrected chi connectivity index (χ2v) is 2.70. The first-order valence-corrected chi connectivity index (χ1v) is 3.55. The fourth-order valence-corrected chi connectivity index (χ4v) is 1.30. The quantitative estimate of drug-likeness (QED) is 0.586. The van der Waals surface area contributed by atoms with E-state index in [9.17, 15) is 0 Å². The number of aryl methyl sites for hydroxylation is 1. The molecule has 1 aliphatic rings. The predicted molar refractivity (Wildman–Crippen MR) is 43.3 cm³/mol. The molecular weight excluding hydrogens is 124 g/mol. The molecule has 0 aliphatic carbocycles. The van der Waals surface area contributed by atoms with E-state index in [4.69, 9.17) is 0 Å². The first-order chi connectivity index (χ1) is 4.86. The number of pyridine rings is 1. The molecule has 1 aliphatic heterocycles. The zero-order valence-electron chi connectivity index (χ0n) is 6.02. The summed E-state index contributed by atoms with van der Waals surface area (Å²) in [6, 6.07) is 2.20. The number of hydrogen-bond donors (Lipinski definition) is 1. The van der Waals surface area contributed by atoms with Crippen LogP contribution in [0.2, 0.25) is 0 Å². The first-order valence-electron chi connectivity index (χ1n) is 3.55. The Morgan fingerprint density at radius 2 is 2.60 bits per heavy atom. The molecule has 2 heteroatoms. The van der Waals surface area contributed by atoms with Gasteiger partial charge in [-0.1, -0.05) is 6.07 Å².